The number of thioether (sulfide) groups is 1. The maximum Gasteiger partial charge on any atom is 0.319 e. The summed E-state index contributed by atoms with van der Waals surface area (Å²) >= 11 is 1.43. The number of nitrogens with zero attached hydrogens (tertiary/aromatic N) is 3. The molecule has 138 valence electrons. The summed E-state index contributed by atoms with van der Waals surface area (Å²) in [6.45, 7) is 1.72. The summed E-state index contributed by atoms with van der Waals surface area (Å²) in [4.78, 5) is 25.5. The van der Waals surface area contributed by atoms with Gasteiger partial charge in [-0.05, 0) is 31.2 Å². The number of nitrogens with two attached hydrogens (primary N) is 1. The maximum atomic E-state index is 12.2. The van der Waals surface area contributed by atoms with Crippen molar-refractivity contribution in [2.24, 2.45) is 0 Å². The Morgan fingerprint density at radius 2 is 1.74 bits per heavy atom. The Hall–Kier alpha value is -3.13. The van der Waals surface area contributed by atoms with E-state index in [1.807, 2.05) is 60.7 Å². The molecule has 3 aromatic rings. The molecule has 0 amide bonds. The van der Waals surface area contributed by atoms with Gasteiger partial charge in [-0.25, -0.2) is 0 Å². The van der Waals surface area contributed by atoms with Gasteiger partial charge in [0, 0.05) is 10.6 Å². The second kappa shape index (κ2) is 9.00. The van der Waals surface area contributed by atoms with Crippen LogP contribution in [-0.4, -0.2) is 26.2 Å². The minimum absolute atomic E-state index is 0.0567. The molecule has 2 aromatic carbocycles. The van der Waals surface area contributed by atoms with E-state index < -0.39 is 0 Å². The average Bonchev–Trinajstić information content (AvgIpc) is 2.67. The number of hydrogen-bond donors (Lipinski definition) is 2. The molecule has 0 spiro atoms. The molecule has 7 nitrogen and oxygen atoms in total. The summed E-state index contributed by atoms with van der Waals surface area (Å²) in [6, 6.07) is 19.1. The molecule has 0 aliphatic carbocycles. The third kappa shape index (κ3) is 5.68. The van der Waals surface area contributed by atoms with E-state index in [-0.39, 0.29) is 29.6 Å². The number of aromatic nitrogens is 3. The number of nitrogens with one attached hydrogen (secondary N) is 1. The van der Waals surface area contributed by atoms with Crippen molar-refractivity contribution in [1.82, 2.24) is 15.0 Å². The fourth-order valence-corrected chi connectivity index (χ4v) is 3.10. The van der Waals surface area contributed by atoms with Crippen LogP contribution in [0.1, 0.15) is 12.7 Å². The second-order valence-corrected chi connectivity index (χ2v) is 7.02. The van der Waals surface area contributed by atoms with Gasteiger partial charge in [-0.15, -0.1) is 11.8 Å². The number of anilines is 3. The van der Waals surface area contributed by atoms with Gasteiger partial charge in [-0.3, -0.25) is 4.79 Å². The minimum Gasteiger partial charge on any atom is -0.457 e. The molecule has 0 bridgehead atoms. The number of benzene rings is 2. The van der Waals surface area contributed by atoms with Gasteiger partial charge in [0.05, 0.1) is 0 Å². The van der Waals surface area contributed by atoms with Crippen molar-refractivity contribution < 1.29 is 9.53 Å². The van der Waals surface area contributed by atoms with E-state index in [2.05, 4.69) is 20.3 Å². The Labute approximate surface area is 161 Å². The van der Waals surface area contributed by atoms with Crippen LogP contribution < -0.4 is 11.1 Å². The highest BCUT2D eigenvalue weighted by Crippen LogP contribution is 2.23. The first-order valence-corrected chi connectivity index (χ1v) is 9.19. The number of carbonyl (C=O) groups is 1. The Morgan fingerprint density at radius 3 is 2.44 bits per heavy atom. The molecule has 1 heterocycles. The predicted molar refractivity (Wildman–Crippen MR) is 106 cm³/mol. The van der Waals surface area contributed by atoms with E-state index in [4.69, 9.17) is 10.5 Å². The van der Waals surface area contributed by atoms with Crippen molar-refractivity contribution in [3.8, 4) is 0 Å². The van der Waals surface area contributed by atoms with Gasteiger partial charge in [0.2, 0.25) is 11.9 Å². The summed E-state index contributed by atoms with van der Waals surface area (Å²) in [5, 5.41) is 2.69. The van der Waals surface area contributed by atoms with Crippen molar-refractivity contribution in [2.75, 3.05) is 11.1 Å². The zero-order valence-electron chi connectivity index (χ0n) is 14.7. The Bertz CT molecular complexity index is 893. The monoisotopic (exact) mass is 381 g/mol. The van der Waals surface area contributed by atoms with E-state index in [0.29, 0.717) is 5.95 Å². The lowest BCUT2D eigenvalue weighted by atomic mass is 10.3. The zero-order valence-corrected chi connectivity index (χ0v) is 15.5. The number of carbonyl (C=O) groups excluding carboxylic acids is 1. The van der Waals surface area contributed by atoms with Gasteiger partial charge in [0.1, 0.15) is 5.25 Å². The molecule has 0 fully saturated rings. The topological polar surface area (TPSA) is 103 Å². The second-order valence-electron chi connectivity index (χ2n) is 5.61. The average molecular weight is 381 g/mol. The molecule has 27 heavy (non-hydrogen) atoms. The number of nitrogen functional groups attached to an aromatic ring is 1. The maximum absolute atomic E-state index is 12.2. The van der Waals surface area contributed by atoms with Crippen LogP contribution in [0.15, 0.2) is 65.6 Å². The summed E-state index contributed by atoms with van der Waals surface area (Å²) < 4.78 is 5.33. The normalized spacial score (nSPS) is 11.6. The molecule has 3 rings (SSSR count). The molecule has 0 saturated heterocycles. The fourth-order valence-electron chi connectivity index (χ4n) is 2.21. The van der Waals surface area contributed by atoms with Crippen molar-refractivity contribution >= 4 is 35.3 Å². The predicted octanol–water partition coefficient (Wildman–Crippen LogP) is 3.42. The lowest BCUT2D eigenvalue weighted by molar-refractivity contribution is -0.144. The third-order valence-corrected chi connectivity index (χ3v) is 4.55. The summed E-state index contributed by atoms with van der Waals surface area (Å²) in [5.41, 5.74) is 6.55. The molecule has 0 aliphatic heterocycles. The highest BCUT2D eigenvalue weighted by molar-refractivity contribution is 8.00. The Morgan fingerprint density at radius 1 is 1.07 bits per heavy atom. The molecular formula is C19H19N5O2S. The first kappa shape index (κ1) is 18.7. The van der Waals surface area contributed by atoms with E-state index >= 15 is 0 Å². The summed E-state index contributed by atoms with van der Waals surface area (Å²) in [7, 11) is 0. The van der Waals surface area contributed by atoms with Crippen molar-refractivity contribution in [2.45, 2.75) is 23.7 Å². The van der Waals surface area contributed by atoms with E-state index in [0.717, 1.165) is 10.6 Å². The lowest BCUT2D eigenvalue weighted by Crippen LogP contribution is -2.18. The minimum atomic E-state index is -0.353. The third-order valence-electron chi connectivity index (χ3n) is 3.46. The summed E-state index contributed by atoms with van der Waals surface area (Å²) in [5.74, 6) is 0.291. The molecular weight excluding hydrogens is 362 g/mol. The zero-order chi connectivity index (χ0) is 19.1. The van der Waals surface area contributed by atoms with Gasteiger partial charge in [0.15, 0.2) is 12.4 Å². The number of rotatable bonds is 7. The molecule has 1 aromatic heterocycles. The molecule has 0 unspecified atom stereocenters. The smallest absolute Gasteiger partial charge is 0.319 e. The van der Waals surface area contributed by atoms with E-state index in [1.54, 1.807) is 6.92 Å². The number of hydrogen-bond acceptors (Lipinski definition) is 8. The molecule has 8 heteroatoms. The van der Waals surface area contributed by atoms with Crippen LogP contribution in [0.25, 0.3) is 0 Å². The first-order valence-electron chi connectivity index (χ1n) is 8.31. The van der Waals surface area contributed by atoms with E-state index in [9.17, 15) is 4.79 Å². The standard InChI is InChI=1S/C19H19N5O2S/c1-13(27-15-10-6-3-7-11-15)17(25)26-12-16-22-18(20)24-19(23-16)21-14-8-4-2-5-9-14/h2-11,13H,12H2,1H3,(H3,20,21,22,23,24)/t13-/m1/s1. The fraction of sp³-hybridized carbons (Fsp3) is 0.158. The highest BCUT2D eigenvalue weighted by atomic mass is 32.2. The van der Waals surface area contributed by atoms with Gasteiger partial charge >= 0.3 is 5.97 Å². The van der Waals surface area contributed by atoms with Crippen LogP contribution in [0.5, 0.6) is 0 Å². The van der Waals surface area contributed by atoms with Crippen molar-refractivity contribution in [3.63, 3.8) is 0 Å². The van der Waals surface area contributed by atoms with Crippen LogP contribution in [0.2, 0.25) is 0 Å². The molecule has 0 aliphatic rings. The number of esters is 1. The molecule has 0 radical (unpaired) electrons. The Balaban J connectivity index is 1.59. The van der Waals surface area contributed by atoms with Crippen LogP contribution in [-0.2, 0) is 16.1 Å². The highest BCUT2D eigenvalue weighted by Gasteiger charge is 2.17. The van der Waals surface area contributed by atoms with Gasteiger partial charge in [0.25, 0.3) is 0 Å². The molecule has 1 atom stereocenters. The van der Waals surface area contributed by atoms with Crippen LogP contribution >= 0.6 is 11.8 Å². The van der Waals surface area contributed by atoms with Crippen LogP contribution in [0, 0.1) is 0 Å². The molecule has 0 saturated carbocycles. The first-order chi connectivity index (χ1) is 13.1. The van der Waals surface area contributed by atoms with Gasteiger partial charge in [-0.1, -0.05) is 36.4 Å². The quantitative estimate of drug-likeness (QED) is 0.474. The van der Waals surface area contributed by atoms with Crippen LogP contribution in [0.3, 0.4) is 0 Å². The van der Waals surface area contributed by atoms with Crippen molar-refractivity contribution in [1.29, 1.82) is 0 Å². The lowest BCUT2D eigenvalue weighted by Gasteiger charge is -2.11. The van der Waals surface area contributed by atoms with Crippen molar-refractivity contribution in [3.05, 3.63) is 66.5 Å². The van der Waals surface area contributed by atoms with E-state index in [1.165, 1.54) is 11.8 Å². The SMILES string of the molecule is C[C@@H](Sc1ccccc1)C(=O)OCc1nc(N)nc(Nc2ccccc2)n1. The number of para-hydroxylation sites is 1. The van der Waals surface area contributed by atoms with Gasteiger partial charge < -0.3 is 15.8 Å². The molecule has 3 N–H and O–H groups in total. The largest absolute Gasteiger partial charge is 0.457 e. The van der Waals surface area contributed by atoms with Crippen LogP contribution in [0.4, 0.5) is 17.6 Å². The summed E-state index contributed by atoms with van der Waals surface area (Å²) in [6.07, 6.45) is 0. The Kier molecular flexibility index (Phi) is 6.22. The number of ether oxygens (including phenoxy) is 1. The van der Waals surface area contributed by atoms with Gasteiger partial charge in [-0.2, -0.15) is 15.0 Å².